The molecule has 0 radical (unpaired) electrons. The third kappa shape index (κ3) is 5.64. The van der Waals surface area contributed by atoms with E-state index in [9.17, 15) is 0 Å². The summed E-state index contributed by atoms with van der Waals surface area (Å²) < 4.78 is 0. The Labute approximate surface area is 104 Å². The lowest BCUT2D eigenvalue weighted by molar-refractivity contribution is 0.274. The zero-order chi connectivity index (χ0) is 11.6. The van der Waals surface area contributed by atoms with Gasteiger partial charge in [0, 0.05) is 24.5 Å². The van der Waals surface area contributed by atoms with Gasteiger partial charge in [-0.25, -0.2) is 0 Å². The van der Waals surface area contributed by atoms with Gasteiger partial charge in [-0.1, -0.05) is 19.9 Å². The predicted molar refractivity (Wildman–Crippen MR) is 73.0 cm³/mol. The molecule has 0 unspecified atom stereocenters. The summed E-state index contributed by atoms with van der Waals surface area (Å²) in [5.41, 5.74) is 0. The lowest BCUT2D eigenvalue weighted by Crippen LogP contribution is -2.33. The van der Waals surface area contributed by atoms with E-state index in [0.29, 0.717) is 0 Å². The zero-order valence-electron chi connectivity index (χ0n) is 10.5. The molecule has 92 valence electrons. The number of nitrogens with zero attached hydrogens (tertiary/aromatic N) is 1. The molecule has 0 saturated carbocycles. The summed E-state index contributed by atoms with van der Waals surface area (Å²) >= 11 is 1.83. The lowest BCUT2D eigenvalue weighted by Gasteiger charge is -2.20. The molecule has 1 N–H and O–H groups in total. The molecule has 0 aliphatic heterocycles. The molecular weight excluding hydrogens is 216 g/mol. The Kier molecular flexibility index (Phi) is 7.47. The van der Waals surface area contributed by atoms with Crippen LogP contribution in [0, 0.1) is 0 Å². The molecule has 0 amide bonds. The van der Waals surface area contributed by atoms with Crippen molar-refractivity contribution in [2.24, 2.45) is 0 Å². The Morgan fingerprint density at radius 2 is 1.94 bits per heavy atom. The molecule has 0 fully saturated rings. The second-order valence-electron chi connectivity index (χ2n) is 4.10. The molecule has 0 atom stereocenters. The van der Waals surface area contributed by atoms with Crippen LogP contribution in [0.4, 0.5) is 0 Å². The number of hydrogen-bond donors (Lipinski definition) is 1. The van der Waals surface area contributed by atoms with Crippen molar-refractivity contribution in [2.45, 2.75) is 33.2 Å². The largest absolute Gasteiger partial charge is 0.311 e. The highest BCUT2D eigenvalue weighted by Gasteiger charge is 2.01. The summed E-state index contributed by atoms with van der Waals surface area (Å²) in [7, 11) is 0. The van der Waals surface area contributed by atoms with E-state index in [2.05, 4.69) is 41.6 Å². The maximum absolute atomic E-state index is 3.50. The van der Waals surface area contributed by atoms with Crippen molar-refractivity contribution in [3.63, 3.8) is 0 Å². The van der Waals surface area contributed by atoms with Crippen LogP contribution in [0.3, 0.4) is 0 Å². The number of hydrogen-bond acceptors (Lipinski definition) is 3. The maximum Gasteiger partial charge on any atom is 0.0300 e. The van der Waals surface area contributed by atoms with E-state index < -0.39 is 0 Å². The molecule has 0 saturated heterocycles. The summed E-state index contributed by atoms with van der Waals surface area (Å²) in [6.07, 6.45) is 2.51. The third-order valence-electron chi connectivity index (χ3n) is 2.56. The summed E-state index contributed by atoms with van der Waals surface area (Å²) in [6, 6.07) is 4.30. The highest BCUT2D eigenvalue weighted by Crippen LogP contribution is 2.07. The first-order chi connectivity index (χ1) is 7.86. The van der Waals surface area contributed by atoms with E-state index in [4.69, 9.17) is 0 Å². The van der Waals surface area contributed by atoms with Gasteiger partial charge in [0.25, 0.3) is 0 Å². The van der Waals surface area contributed by atoms with Crippen molar-refractivity contribution in [3.05, 3.63) is 22.4 Å². The normalized spacial score (nSPS) is 11.2. The third-order valence-corrected chi connectivity index (χ3v) is 3.44. The van der Waals surface area contributed by atoms with Crippen LogP contribution in [0.2, 0.25) is 0 Å². The minimum Gasteiger partial charge on any atom is -0.311 e. The fraction of sp³-hybridized carbons (Fsp3) is 0.692. The van der Waals surface area contributed by atoms with Crippen molar-refractivity contribution in [1.29, 1.82) is 0 Å². The minimum absolute atomic E-state index is 1.02. The van der Waals surface area contributed by atoms with E-state index in [1.807, 2.05) is 11.3 Å². The molecular formula is C13H24N2S. The van der Waals surface area contributed by atoms with E-state index in [-0.39, 0.29) is 0 Å². The molecule has 0 bridgehead atoms. The van der Waals surface area contributed by atoms with Gasteiger partial charge in [0.05, 0.1) is 0 Å². The van der Waals surface area contributed by atoms with Crippen LogP contribution >= 0.6 is 11.3 Å². The Morgan fingerprint density at radius 3 is 2.50 bits per heavy atom. The van der Waals surface area contributed by atoms with E-state index in [1.54, 1.807) is 0 Å². The predicted octanol–water partition coefficient (Wildman–Crippen LogP) is 2.96. The van der Waals surface area contributed by atoms with E-state index in [1.165, 1.54) is 37.4 Å². The second kappa shape index (κ2) is 8.74. The standard InChI is InChI=1S/C13H24N2S/c1-3-8-15(9-4-2)10-7-14-12-13-6-5-11-16-13/h5-6,11,14H,3-4,7-10,12H2,1-2H3. The van der Waals surface area contributed by atoms with Crippen LogP contribution in [0.1, 0.15) is 31.6 Å². The molecule has 1 aromatic rings. The number of rotatable bonds is 9. The molecule has 16 heavy (non-hydrogen) atoms. The van der Waals surface area contributed by atoms with Crippen molar-refractivity contribution < 1.29 is 0 Å². The van der Waals surface area contributed by atoms with Crippen LogP contribution in [-0.2, 0) is 6.54 Å². The Balaban J connectivity index is 2.08. The van der Waals surface area contributed by atoms with Crippen LogP contribution < -0.4 is 5.32 Å². The summed E-state index contributed by atoms with van der Waals surface area (Å²) in [6.45, 7) is 10.3. The molecule has 1 heterocycles. The van der Waals surface area contributed by atoms with Crippen molar-refractivity contribution in [1.82, 2.24) is 10.2 Å². The molecule has 1 rings (SSSR count). The fourth-order valence-corrected chi connectivity index (χ4v) is 2.50. The molecule has 0 spiro atoms. The average Bonchev–Trinajstić information content (AvgIpc) is 2.78. The van der Waals surface area contributed by atoms with Gasteiger partial charge < -0.3 is 10.2 Å². The minimum atomic E-state index is 1.02. The van der Waals surface area contributed by atoms with Gasteiger partial charge in [0.2, 0.25) is 0 Å². The highest BCUT2D eigenvalue weighted by molar-refractivity contribution is 7.09. The fourth-order valence-electron chi connectivity index (χ4n) is 1.83. The Hall–Kier alpha value is -0.380. The van der Waals surface area contributed by atoms with Gasteiger partial charge in [-0.05, 0) is 37.4 Å². The topological polar surface area (TPSA) is 15.3 Å². The second-order valence-corrected chi connectivity index (χ2v) is 5.13. The lowest BCUT2D eigenvalue weighted by atomic mass is 10.3. The smallest absolute Gasteiger partial charge is 0.0300 e. The molecule has 0 aromatic carbocycles. The van der Waals surface area contributed by atoms with Gasteiger partial charge in [-0.3, -0.25) is 0 Å². The Morgan fingerprint density at radius 1 is 1.19 bits per heavy atom. The van der Waals surface area contributed by atoms with Gasteiger partial charge in [0.15, 0.2) is 0 Å². The summed E-state index contributed by atoms with van der Waals surface area (Å²) in [4.78, 5) is 3.97. The van der Waals surface area contributed by atoms with Crippen LogP contribution in [0.25, 0.3) is 0 Å². The van der Waals surface area contributed by atoms with Crippen molar-refractivity contribution in [2.75, 3.05) is 26.2 Å². The molecule has 3 heteroatoms. The van der Waals surface area contributed by atoms with E-state index in [0.717, 1.165) is 13.1 Å². The monoisotopic (exact) mass is 240 g/mol. The summed E-state index contributed by atoms with van der Waals surface area (Å²) in [5, 5.41) is 5.64. The quantitative estimate of drug-likeness (QED) is 0.668. The molecule has 0 aliphatic carbocycles. The number of thiophene rings is 1. The van der Waals surface area contributed by atoms with Gasteiger partial charge in [-0.15, -0.1) is 11.3 Å². The first-order valence-electron chi connectivity index (χ1n) is 6.32. The molecule has 2 nitrogen and oxygen atoms in total. The van der Waals surface area contributed by atoms with Crippen molar-refractivity contribution in [3.8, 4) is 0 Å². The van der Waals surface area contributed by atoms with Gasteiger partial charge in [-0.2, -0.15) is 0 Å². The number of nitrogens with one attached hydrogen (secondary N) is 1. The van der Waals surface area contributed by atoms with Crippen LogP contribution in [0.15, 0.2) is 17.5 Å². The Bertz CT molecular complexity index is 240. The van der Waals surface area contributed by atoms with Crippen molar-refractivity contribution >= 4 is 11.3 Å². The summed E-state index contributed by atoms with van der Waals surface area (Å²) in [5.74, 6) is 0. The maximum atomic E-state index is 3.50. The molecule has 1 aromatic heterocycles. The van der Waals surface area contributed by atoms with Crippen LogP contribution in [0.5, 0.6) is 0 Å². The molecule has 0 aliphatic rings. The average molecular weight is 240 g/mol. The van der Waals surface area contributed by atoms with Crippen LogP contribution in [-0.4, -0.2) is 31.1 Å². The first kappa shape index (κ1) is 13.7. The van der Waals surface area contributed by atoms with Gasteiger partial charge >= 0.3 is 0 Å². The zero-order valence-corrected chi connectivity index (χ0v) is 11.4. The van der Waals surface area contributed by atoms with E-state index >= 15 is 0 Å². The highest BCUT2D eigenvalue weighted by atomic mass is 32.1. The van der Waals surface area contributed by atoms with Gasteiger partial charge in [0.1, 0.15) is 0 Å². The first-order valence-corrected chi connectivity index (χ1v) is 7.20. The SMILES string of the molecule is CCCN(CCC)CCNCc1cccs1.